The van der Waals surface area contributed by atoms with Crippen LogP contribution in [0, 0.1) is 5.82 Å². The number of rotatable bonds is 3. The third-order valence-corrected chi connectivity index (χ3v) is 3.79. The highest BCUT2D eigenvalue weighted by Crippen LogP contribution is 2.41. The Morgan fingerprint density at radius 2 is 2.19 bits per heavy atom. The van der Waals surface area contributed by atoms with E-state index in [4.69, 9.17) is 5.73 Å². The fourth-order valence-electron chi connectivity index (χ4n) is 2.66. The fraction of sp³-hybridized carbons (Fsp3) is 0.267. The monoisotopic (exact) mass is 283 g/mol. The maximum Gasteiger partial charge on any atom is 0.144 e. The number of benzene rings is 1. The Morgan fingerprint density at radius 1 is 1.33 bits per heavy atom. The van der Waals surface area contributed by atoms with E-state index < -0.39 is 0 Å². The first-order chi connectivity index (χ1) is 10.3. The lowest BCUT2D eigenvalue weighted by molar-refractivity contribution is 0.628. The van der Waals surface area contributed by atoms with Gasteiger partial charge < -0.3 is 10.3 Å². The fourth-order valence-corrected chi connectivity index (χ4v) is 2.66. The Hall–Kier alpha value is -2.34. The quantitative estimate of drug-likeness (QED) is 0.801. The maximum atomic E-state index is 13.6. The van der Waals surface area contributed by atoms with Crippen LogP contribution in [0.4, 0.5) is 4.39 Å². The smallest absolute Gasteiger partial charge is 0.144 e. The molecule has 2 N–H and O–H groups in total. The number of hydrogen-bond donors (Lipinski definition) is 1. The predicted molar refractivity (Wildman–Crippen MR) is 76.9 cm³/mol. The molecule has 0 radical (unpaired) electrons. The van der Waals surface area contributed by atoms with Crippen molar-refractivity contribution in [3.8, 4) is 11.4 Å². The Balaban J connectivity index is 2.02. The predicted octanol–water partition coefficient (Wildman–Crippen LogP) is 2.43. The van der Waals surface area contributed by atoms with Crippen molar-refractivity contribution in [2.75, 3.05) is 0 Å². The molecule has 1 aromatic carbocycles. The molecule has 0 atom stereocenters. The van der Waals surface area contributed by atoms with Gasteiger partial charge in [0, 0.05) is 18.8 Å². The minimum atomic E-state index is -0.251. The molecule has 1 saturated carbocycles. The summed E-state index contributed by atoms with van der Waals surface area (Å²) < 4.78 is 15.7. The average molecular weight is 283 g/mol. The molecule has 0 aliphatic heterocycles. The molecule has 4 rings (SSSR count). The van der Waals surface area contributed by atoms with Gasteiger partial charge in [-0.15, -0.1) is 0 Å². The normalized spacial score (nSPS) is 14.8. The molecule has 1 aliphatic carbocycles. The van der Waals surface area contributed by atoms with E-state index in [1.165, 1.54) is 18.5 Å². The highest BCUT2D eigenvalue weighted by molar-refractivity contribution is 5.81. The summed E-state index contributed by atoms with van der Waals surface area (Å²) in [5.74, 6) is 0.526. The van der Waals surface area contributed by atoms with Crippen LogP contribution in [-0.2, 0) is 6.54 Å². The Morgan fingerprint density at radius 3 is 2.95 bits per heavy atom. The number of nitrogens with two attached hydrogens (primary N) is 1. The van der Waals surface area contributed by atoms with Crippen LogP contribution in [0.3, 0.4) is 0 Å². The van der Waals surface area contributed by atoms with Crippen molar-refractivity contribution in [1.29, 1.82) is 0 Å². The molecular weight excluding hydrogens is 269 g/mol. The minimum Gasteiger partial charge on any atom is -0.325 e. The number of aromatic nitrogens is 4. The van der Waals surface area contributed by atoms with Crippen LogP contribution in [0.1, 0.15) is 24.6 Å². The second-order valence-corrected chi connectivity index (χ2v) is 5.26. The summed E-state index contributed by atoms with van der Waals surface area (Å²) in [5, 5.41) is 0. The van der Waals surface area contributed by atoms with E-state index in [2.05, 4.69) is 19.5 Å². The van der Waals surface area contributed by atoms with Crippen LogP contribution < -0.4 is 5.73 Å². The number of fused-ring (bicyclic) bond motifs is 1. The first-order valence-electron chi connectivity index (χ1n) is 6.94. The van der Waals surface area contributed by atoms with Gasteiger partial charge in [-0.2, -0.15) is 0 Å². The molecule has 5 nitrogen and oxygen atoms in total. The van der Waals surface area contributed by atoms with Crippen molar-refractivity contribution < 1.29 is 4.39 Å². The van der Waals surface area contributed by atoms with Gasteiger partial charge >= 0.3 is 0 Å². The van der Waals surface area contributed by atoms with E-state index in [0.29, 0.717) is 12.6 Å². The van der Waals surface area contributed by atoms with E-state index in [-0.39, 0.29) is 5.82 Å². The molecule has 0 amide bonds. The maximum absolute atomic E-state index is 13.6. The molecule has 0 saturated heterocycles. The summed E-state index contributed by atoms with van der Waals surface area (Å²) in [6.45, 7) is 0.320. The molecule has 0 spiro atoms. The average Bonchev–Trinajstić information content (AvgIpc) is 3.28. The molecule has 6 heteroatoms. The van der Waals surface area contributed by atoms with Crippen molar-refractivity contribution in [3.05, 3.63) is 42.2 Å². The molecule has 2 aromatic heterocycles. The Labute approximate surface area is 120 Å². The van der Waals surface area contributed by atoms with Crippen LogP contribution in [0.25, 0.3) is 22.4 Å². The summed E-state index contributed by atoms with van der Waals surface area (Å²) >= 11 is 0. The van der Waals surface area contributed by atoms with E-state index in [1.54, 1.807) is 12.3 Å². The summed E-state index contributed by atoms with van der Waals surface area (Å²) in [6, 6.07) is 5.05. The van der Waals surface area contributed by atoms with Crippen LogP contribution in [-0.4, -0.2) is 19.5 Å². The molecule has 106 valence electrons. The lowest BCUT2D eigenvalue weighted by atomic mass is 10.2. The topological polar surface area (TPSA) is 69.6 Å². The summed E-state index contributed by atoms with van der Waals surface area (Å²) in [4.78, 5) is 13.0. The third-order valence-electron chi connectivity index (χ3n) is 3.79. The number of halogens is 1. The van der Waals surface area contributed by atoms with Crippen molar-refractivity contribution in [1.82, 2.24) is 19.5 Å². The van der Waals surface area contributed by atoms with Crippen LogP contribution in [0.2, 0.25) is 0 Å². The Bertz CT molecular complexity index is 822. The van der Waals surface area contributed by atoms with Gasteiger partial charge in [0.15, 0.2) is 0 Å². The van der Waals surface area contributed by atoms with Gasteiger partial charge in [-0.05, 0) is 31.0 Å². The zero-order valence-electron chi connectivity index (χ0n) is 11.3. The van der Waals surface area contributed by atoms with Gasteiger partial charge in [0.25, 0.3) is 0 Å². The van der Waals surface area contributed by atoms with Crippen molar-refractivity contribution in [3.63, 3.8) is 0 Å². The summed E-state index contributed by atoms with van der Waals surface area (Å²) in [7, 11) is 0. The van der Waals surface area contributed by atoms with Crippen LogP contribution >= 0.6 is 0 Å². The third kappa shape index (κ3) is 1.99. The molecule has 1 aliphatic rings. The summed E-state index contributed by atoms with van der Waals surface area (Å²) in [6.07, 6.45) is 5.38. The zero-order chi connectivity index (χ0) is 14.4. The molecule has 3 aromatic rings. The van der Waals surface area contributed by atoms with Gasteiger partial charge in [0.1, 0.15) is 18.0 Å². The number of nitrogens with zero attached hydrogens (tertiary/aromatic N) is 4. The first kappa shape index (κ1) is 12.4. The molecular formula is C15H14FN5. The standard InChI is InChI=1S/C15H14FN5/c16-9-1-4-12-14(5-9)21(10-2-3-10)15(20-12)11-7-18-8-19-13(11)6-17/h1,4-5,7-8,10H,2-3,6,17H2. The highest BCUT2D eigenvalue weighted by Gasteiger charge is 2.29. The molecule has 0 bridgehead atoms. The van der Waals surface area contributed by atoms with E-state index in [9.17, 15) is 4.39 Å². The molecule has 1 fully saturated rings. The lowest BCUT2D eigenvalue weighted by Crippen LogP contribution is -2.06. The number of hydrogen-bond acceptors (Lipinski definition) is 4. The van der Waals surface area contributed by atoms with Gasteiger partial charge in [-0.25, -0.2) is 19.3 Å². The molecule has 0 unspecified atom stereocenters. The van der Waals surface area contributed by atoms with Crippen molar-refractivity contribution in [2.24, 2.45) is 5.73 Å². The van der Waals surface area contributed by atoms with Gasteiger partial charge in [0.2, 0.25) is 0 Å². The van der Waals surface area contributed by atoms with Gasteiger partial charge in [0.05, 0.1) is 22.3 Å². The Kier molecular flexibility index (Phi) is 2.71. The largest absolute Gasteiger partial charge is 0.325 e. The van der Waals surface area contributed by atoms with E-state index in [1.807, 2.05) is 0 Å². The summed E-state index contributed by atoms with van der Waals surface area (Å²) in [5.41, 5.74) is 8.94. The SMILES string of the molecule is NCc1ncncc1-c1nc2ccc(F)cc2n1C1CC1. The molecule has 2 heterocycles. The number of imidazole rings is 1. The van der Waals surface area contributed by atoms with E-state index in [0.717, 1.165) is 41.0 Å². The van der Waals surface area contributed by atoms with Crippen LogP contribution in [0.15, 0.2) is 30.7 Å². The van der Waals surface area contributed by atoms with Gasteiger partial charge in [-0.1, -0.05) is 0 Å². The lowest BCUT2D eigenvalue weighted by Gasteiger charge is -2.09. The van der Waals surface area contributed by atoms with E-state index >= 15 is 0 Å². The van der Waals surface area contributed by atoms with Crippen LogP contribution in [0.5, 0.6) is 0 Å². The zero-order valence-corrected chi connectivity index (χ0v) is 11.3. The first-order valence-corrected chi connectivity index (χ1v) is 6.94. The second-order valence-electron chi connectivity index (χ2n) is 5.26. The highest BCUT2D eigenvalue weighted by atomic mass is 19.1. The second kappa shape index (κ2) is 4.60. The minimum absolute atomic E-state index is 0.251. The molecule has 21 heavy (non-hydrogen) atoms. The van der Waals surface area contributed by atoms with Crippen molar-refractivity contribution >= 4 is 11.0 Å². The van der Waals surface area contributed by atoms with Gasteiger partial charge in [-0.3, -0.25) is 0 Å². The van der Waals surface area contributed by atoms with Crippen molar-refractivity contribution in [2.45, 2.75) is 25.4 Å².